The first kappa shape index (κ1) is 17.7. The molecular formula is C15H26O4. The van der Waals surface area contributed by atoms with Crippen molar-refractivity contribution < 1.29 is 19.1 Å². The van der Waals surface area contributed by atoms with E-state index in [1.54, 1.807) is 13.8 Å². The molecule has 0 amide bonds. The third-order valence-corrected chi connectivity index (χ3v) is 2.99. The van der Waals surface area contributed by atoms with Crippen molar-refractivity contribution in [2.24, 2.45) is 5.41 Å². The van der Waals surface area contributed by atoms with Crippen molar-refractivity contribution >= 4 is 11.9 Å². The van der Waals surface area contributed by atoms with Gasteiger partial charge < -0.3 is 9.47 Å². The lowest BCUT2D eigenvalue weighted by Crippen LogP contribution is -2.42. The van der Waals surface area contributed by atoms with Gasteiger partial charge in [-0.3, -0.25) is 9.59 Å². The van der Waals surface area contributed by atoms with E-state index in [9.17, 15) is 9.59 Å². The van der Waals surface area contributed by atoms with Crippen LogP contribution in [0.3, 0.4) is 0 Å². The van der Waals surface area contributed by atoms with Crippen LogP contribution in [0, 0.1) is 5.41 Å². The number of rotatable bonds is 9. The zero-order chi connectivity index (χ0) is 14.7. The van der Waals surface area contributed by atoms with Crippen LogP contribution in [-0.4, -0.2) is 25.2 Å². The summed E-state index contributed by atoms with van der Waals surface area (Å²) < 4.78 is 10.2. The molecule has 0 unspecified atom stereocenters. The summed E-state index contributed by atoms with van der Waals surface area (Å²) in [6.45, 7) is 7.90. The van der Waals surface area contributed by atoms with Crippen LogP contribution in [0.5, 0.6) is 0 Å². The Morgan fingerprint density at radius 2 is 1.58 bits per heavy atom. The van der Waals surface area contributed by atoms with E-state index in [1.165, 1.54) is 0 Å². The molecule has 0 saturated heterocycles. The highest BCUT2D eigenvalue weighted by Crippen LogP contribution is 2.33. The molecule has 0 aliphatic heterocycles. The number of hydrogen-bond acceptors (Lipinski definition) is 4. The maximum Gasteiger partial charge on any atom is 0.323 e. The van der Waals surface area contributed by atoms with Crippen molar-refractivity contribution in [1.29, 1.82) is 0 Å². The van der Waals surface area contributed by atoms with Gasteiger partial charge in [0.25, 0.3) is 0 Å². The van der Waals surface area contributed by atoms with Crippen LogP contribution in [0.4, 0.5) is 0 Å². The Bertz CT molecular complexity index is 289. The van der Waals surface area contributed by atoms with Gasteiger partial charge in [-0.2, -0.15) is 0 Å². The smallest absolute Gasteiger partial charge is 0.323 e. The third-order valence-electron chi connectivity index (χ3n) is 2.99. The molecule has 0 aliphatic rings. The predicted octanol–water partition coefficient (Wildman–Crippen LogP) is 3.26. The molecule has 0 bridgehead atoms. The van der Waals surface area contributed by atoms with Gasteiger partial charge in [-0.25, -0.2) is 0 Å². The number of hydrogen-bond donors (Lipinski definition) is 0. The fraction of sp³-hybridized carbons (Fsp3) is 0.733. The molecule has 0 N–H and O–H groups in total. The van der Waals surface area contributed by atoms with E-state index < -0.39 is 17.4 Å². The van der Waals surface area contributed by atoms with Crippen LogP contribution in [0.15, 0.2) is 12.2 Å². The van der Waals surface area contributed by atoms with Crippen LogP contribution >= 0.6 is 0 Å². The van der Waals surface area contributed by atoms with Crippen molar-refractivity contribution in [1.82, 2.24) is 0 Å². The Hall–Kier alpha value is -1.32. The van der Waals surface area contributed by atoms with Gasteiger partial charge in [0.1, 0.15) is 0 Å². The Balaban J connectivity index is 5.28. The largest absolute Gasteiger partial charge is 0.465 e. The van der Waals surface area contributed by atoms with Crippen molar-refractivity contribution in [3.8, 4) is 0 Å². The molecule has 0 aromatic rings. The van der Waals surface area contributed by atoms with Gasteiger partial charge in [-0.15, -0.1) is 0 Å². The molecule has 0 spiro atoms. The quantitative estimate of drug-likeness (QED) is 0.366. The van der Waals surface area contributed by atoms with Gasteiger partial charge in [0.05, 0.1) is 13.2 Å². The zero-order valence-electron chi connectivity index (χ0n) is 12.5. The number of carbonyl (C=O) groups is 2. The molecule has 0 rings (SSSR count). The second kappa shape index (κ2) is 9.59. The minimum Gasteiger partial charge on any atom is -0.465 e. The Kier molecular flexibility index (Phi) is 8.92. The minimum atomic E-state index is -1.19. The van der Waals surface area contributed by atoms with Crippen LogP contribution in [-0.2, 0) is 19.1 Å². The van der Waals surface area contributed by atoms with E-state index in [0.29, 0.717) is 12.8 Å². The van der Waals surface area contributed by atoms with Gasteiger partial charge >= 0.3 is 11.9 Å². The van der Waals surface area contributed by atoms with Gasteiger partial charge in [0.15, 0.2) is 5.41 Å². The Morgan fingerprint density at radius 3 is 1.95 bits per heavy atom. The summed E-state index contributed by atoms with van der Waals surface area (Å²) in [5.41, 5.74) is -1.19. The van der Waals surface area contributed by atoms with Gasteiger partial charge in [-0.1, -0.05) is 31.9 Å². The number of esters is 2. The van der Waals surface area contributed by atoms with E-state index in [0.717, 1.165) is 12.8 Å². The van der Waals surface area contributed by atoms with E-state index >= 15 is 0 Å². The van der Waals surface area contributed by atoms with E-state index in [-0.39, 0.29) is 13.2 Å². The minimum absolute atomic E-state index is 0.266. The molecule has 4 nitrogen and oxygen atoms in total. The van der Waals surface area contributed by atoms with Gasteiger partial charge in [0.2, 0.25) is 0 Å². The van der Waals surface area contributed by atoms with Crippen molar-refractivity contribution in [2.45, 2.75) is 53.4 Å². The molecule has 0 atom stereocenters. The first-order valence-electron chi connectivity index (χ1n) is 7.04. The van der Waals surface area contributed by atoms with Crippen molar-refractivity contribution in [2.75, 3.05) is 13.2 Å². The summed E-state index contributed by atoms with van der Waals surface area (Å²) in [6.07, 6.45) is 6.15. The summed E-state index contributed by atoms with van der Waals surface area (Å²) >= 11 is 0. The lowest BCUT2D eigenvalue weighted by atomic mass is 9.79. The fourth-order valence-corrected chi connectivity index (χ4v) is 1.89. The number of carbonyl (C=O) groups excluding carboxylic acids is 2. The molecule has 0 fully saturated rings. The maximum absolute atomic E-state index is 12.2. The fourth-order valence-electron chi connectivity index (χ4n) is 1.89. The highest BCUT2D eigenvalue weighted by atomic mass is 16.6. The van der Waals surface area contributed by atoms with Crippen molar-refractivity contribution in [3.05, 3.63) is 12.2 Å². The molecular weight excluding hydrogens is 244 g/mol. The lowest BCUT2D eigenvalue weighted by Gasteiger charge is -2.28. The van der Waals surface area contributed by atoms with Crippen LogP contribution in [0.2, 0.25) is 0 Å². The molecule has 110 valence electrons. The molecule has 0 heterocycles. The van der Waals surface area contributed by atoms with Gasteiger partial charge in [0, 0.05) is 0 Å². The third kappa shape index (κ3) is 5.05. The molecule has 0 radical (unpaired) electrons. The second-order valence-corrected chi connectivity index (χ2v) is 4.40. The monoisotopic (exact) mass is 270 g/mol. The molecule has 0 aliphatic carbocycles. The maximum atomic E-state index is 12.2. The second-order valence-electron chi connectivity index (χ2n) is 4.40. The average molecular weight is 270 g/mol. The standard InChI is InChI=1S/C15H26O4/c1-5-9-11-15(12-10-6-2,13(16)18-7-3)14(17)19-8-4/h5,9H,6-8,10-12H2,1-4H3. The molecule has 0 aromatic carbocycles. The highest BCUT2D eigenvalue weighted by Gasteiger charge is 2.47. The normalized spacial score (nSPS) is 11.6. The topological polar surface area (TPSA) is 52.6 Å². The van der Waals surface area contributed by atoms with E-state index in [1.807, 2.05) is 26.0 Å². The lowest BCUT2D eigenvalue weighted by molar-refractivity contribution is -0.172. The first-order valence-corrected chi connectivity index (χ1v) is 7.04. The van der Waals surface area contributed by atoms with Crippen molar-refractivity contribution in [3.63, 3.8) is 0 Å². The number of unbranched alkanes of at least 4 members (excludes halogenated alkanes) is 1. The van der Waals surface area contributed by atoms with Crippen LogP contribution in [0.1, 0.15) is 53.4 Å². The average Bonchev–Trinajstić information content (AvgIpc) is 2.40. The summed E-state index contributed by atoms with van der Waals surface area (Å²) in [5.74, 6) is -0.944. The molecule has 0 aromatic heterocycles. The number of ether oxygens (including phenoxy) is 2. The molecule has 4 heteroatoms. The molecule has 0 saturated carbocycles. The van der Waals surface area contributed by atoms with Gasteiger partial charge in [-0.05, 0) is 33.6 Å². The summed E-state index contributed by atoms with van der Waals surface area (Å²) in [5, 5.41) is 0. The SMILES string of the molecule is CC=CCC(CCCC)(C(=O)OCC)C(=O)OCC. The van der Waals surface area contributed by atoms with E-state index in [2.05, 4.69) is 0 Å². The summed E-state index contributed by atoms with van der Waals surface area (Å²) in [7, 11) is 0. The summed E-state index contributed by atoms with van der Waals surface area (Å²) in [6, 6.07) is 0. The van der Waals surface area contributed by atoms with E-state index in [4.69, 9.17) is 9.47 Å². The van der Waals surface area contributed by atoms with Crippen LogP contribution in [0.25, 0.3) is 0 Å². The Morgan fingerprint density at radius 1 is 1.05 bits per heavy atom. The first-order chi connectivity index (χ1) is 9.08. The van der Waals surface area contributed by atoms with Crippen LogP contribution < -0.4 is 0 Å². The highest BCUT2D eigenvalue weighted by molar-refractivity contribution is 6.00. The zero-order valence-corrected chi connectivity index (χ0v) is 12.5. The Labute approximate surface area is 116 Å². The summed E-state index contributed by atoms with van der Waals surface area (Å²) in [4.78, 5) is 24.5. The molecule has 19 heavy (non-hydrogen) atoms. The number of allylic oxidation sites excluding steroid dienone is 2. The predicted molar refractivity (Wildman–Crippen MR) is 74.7 cm³/mol.